The third-order valence-corrected chi connectivity index (χ3v) is 3.84. The van der Waals surface area contributed by atoms with E-state index in [0.717, 1.165) is 4.90 Å². The zero-order chi connectivity index (χ0) is 19.7. The van der Waals surface area contributed by atoms with Crippen LogP contribution in [0.15, 0.2) is 0 Å². The van der Waals surface area contributed by atoms with Gasteiger partial charge in [-0.25, -0.2) is 9.59 Å². The zero-order valence-corrected chi connectivity index (χ0v) is 15.3. The van der Waals surface area contributed by atoms with E-state index in [4.69, 9.17) is 4.74 Å². The number of nitrogens with zero attached hydrogens (tertiary/aromatic N) is 1. The number of carbonyl (C=O) groups excluding carboxylic acids is 5. The van der Waals surface area contributed by atoms with Crippen molar-refractivity contribution >= 4 is 29.8 Å². The molecule has 0 aliphatic carbocycles. The van der Waals surface area contributed by atoms with Crippen LogP contribution in [0.5, 0.6) is 0 Å². The number of esters is 1. The van der Waals surface area contributed by atoms with Gasteiger partial charge >= 0.3 is 18.0 Å². The fourth-order valence-corrected chi connectivity index (χ4v) is 2.83. The summed E-state index contributed by atoms with van der Waals surface area (Å²) in [6.07, 6.45) is 2.35. The van der Waals surface area contributed by atoms with Crippen LogP contribution in [-0.2, 0) is 19.1 Å². The molecule has 0 unspecified atom stereocenters. The highest BCUT2D eigenvalue weighted by Gasteiger charge is 2.50. The van der Waals surface area contributed by atoms with E-state index in [1.165, 1.54) is 0 Å². The lowest BCUT2D eigenvalue weighted by Crippen LogP contribution is -2.47. The first-order valence-electron chi connectivity index (χ1n) is 8.67. The molecule has 146 valence electrons. The van der Waals surface area contributed by atoms with Gasteiger partial charge in [0.05, 0.1) is 0 Å². The van der Waals surface area contributed by atoms with Gasteiger partial charge < -0.3 is 15.4 Å². The molecule has 1 aliphatic rings. The molecule has 10 nitrogen and oxygen atoms in total. The maximum Gasteiger partial charge on any atom is 0.326 e. The predicted octanol–water partition coefficient (Wildman–Crippen LogP) is 0.266. The lowest BCUT2D eigenvalue weighted by molar-refractivity contribution is -0.151. The minimum atomic E-state index is -0.990. The maximum atomic E-state index is 12.6. The molecule has 0 atom stereocenters. The topological polar surface area (TPSA) is 134 Å². The number of rotatable bonds is 9. The molecule has 0 aromatic carbocycles. The van der Waals surface area contributed by atoms with Gasteiger partial charge in [-0.2, -0.15) is 0 Å². The van der Waals surface area contributed by atoms with Gasteiger partial charge in [-0.3, -0.25) is 24.6 Å². The summed E-state index contributed by atoms with van der Waals surface area (Å²) in [4.78, 5) is 60.0. The predicted molar refractivity (Wildman–Crippen MR) is 91.0 cm³/mol. The standard InChI is InChI=1S/C16H26N4O6/c1-4-7-16(8-5-2)13(23)20(15(25)19-16)9-12(22)26-10-11(21)18-14(24)17-6-3/h4-10H2,1-3H3,(H,19,25)(H2,17,18,21,24). The van der Waals surface area contributed by atoms with Crippen LogP contribution in [0.25, 0.3) is 0 Å². The highest BCUT2D eigenvalue weighted by Crippen LogP contribution is 2.27. The average molecular weight is 370 g/mol. The van der Waals surface area contributed by atoms with Crippen LogP contribution in [0, 0.1) is 0 Å². The molecule has 0 radical (unpaired) electrons. The van der Waals surface area contributed by atoms with E-state index in [1.807, 2.05) is 19.2 Å². The van der Waals surface area contributed by atoms with Crippen LogP contribution in [-0.4, -0.2) is 60.0 Å². The van der Waals surface area contributed by atoms with Crippen LogP contribution >= 0.6 is 0 Å². The van der Waals surface area contributed by atoms with Crippen molar-refractivity contribution in [3.05, 3.63) is 0 Å². The number of ether oxygens (including phenoxy) is 1. The molecular formula is C16H26N4O6. The van der Waals surface area contributed by atoms with Crippen molar-refractivity contribution in [1.29, 1.82) is 0 Å². The smallest absolute Gasteiger partial charge is 0.326 e. The van der Waals surface area contributed by atoms with Gasteiger partial charge in [0.1, 0.15) is 12.1 Å². The fraction of sp³-hybridized carbons (Fsp3) is 0.688. The second-order valence-corrected chi connectivity index (χ2v) is 5.97. The maximum absolute atomic E-state index is 12.6. The van der Waals surface area contributed by atoms with Crippen LogP contribution in [0.2, 0.25) is 0 Å². The molecule has 0 aromatic rings. The molecule has 10 heteroatoms. The van der Waals surface area contributed by atoms with Crippen LogP contribution in [0.4, 0.5) is 9.59 Å². The minimum absolute atomic E-state index is 0.336. The van der Waals surface area contributed by atoms with Gasteiger partial charge in [-0.05, 0) is 19.8 Å². The van der Waals surface area contributed by atoms with Crippen molar-refractivity contribution in [2.24, 2.45) is 0 Å². The van der Waals surface area contributed by atoms with Gasteiger partial charge in [0, 0.05) is 6.54 Å². The summed E-state index contributed by atoms with van der Waals surface area (Å²) in [6, 6.07) is -1.35. The van der Waals surface area contributed by atoms with Crippen molar-refractivity contribution < 1.29 is 28.7 Å². The number of nitrogens with one attached hydrogen (secondary N) is 3. The second kappa shape index (κ2) is 9.73. The molecule has 1 heterocycles. The van der Waals surface area contributed by atoms with Crippen LogP contribution in [0.1, 0.15) is 46.5 Å². The van der Waals surface area contributed by atoms with Crippen molar-refractivity contribution in [2.45, 2.75) is 52.0 Å². The quantitative estimate of drug-likeness (QED) is 0.394. The Hall–Kier alpha value is -2.65. The van der Waals surface area contributed by atoms with Crippen molar-refractivity contribution in [2.75, 3.05) is 19.7 Å². The Morgan fingerprint density at radius 1 is 1.12 bits per heavy atom. The second-order valence-electron chi connectivity index (χ2n) is 5.97. The van der Waals surface area contributed by atoms with Gasteiger partial charge in [0.25, 0.3) is 11.8 Å². The number of hydrogen-bond donors (Lipinski definition) is 3. The number of amides is 6. The summed E-state index contributed by atoms with van der Waals surface area (Å²) in [6.45, 7) is 4.55. The number of carbonyl (C=O) groups is 5. The molecule has 0 bridgehead atoms. The fourth-order valence-electron chi connectivity index (χ4n) is 2.83. The normalized spacial score (nSPS) is 15.4. The molecule has 1 fully saturated rings. The van der Waals surface area contributed by atoms with Gasteiger partial charge in [-0.1, -0.05) is 26.7 Å². The lowest BCUT2D eigenvalue weighted by Gasteiger charge is -2.25. The Kier molecular flexibility index (Phi) is 8.01. The van der Waals surface area contributed by atoms with Crippen molar-refractivity contribution in [1.82, 2.24) is 20.9 Å². The monoisotopic (exact) mass is 370 g/mol. The van der Waals surface area contributed by atoms with E-state index in [1.54, 1.807) is 6.92 Å². The summed E-state index contributed by atoms with van der Waals surface area (Å²) in [7, 11) is 0. The van der Waals surface area contributed by atoms with Gasteiger partial charge in [-0.15, -0.1) is 0 Å². The van der Waals surface area contributed by atoms with Crippen LogP contribution < -0.4 is 16.0 Å². The molecule has 0 saturated carbocycles. The highest BCUT2D eigenvalue weighted by atomic mass is 16.5. The molecule has 1 aliphatic heterocycles. The third-order valence-electron chi connectivity index (χ3n) is 3.84. The summed E-state index contributed by atoms with van der Waals surface area (Å²) in [5.74, 6) is -2.19. The van der Waals surface area contributed by atoms with Crippen molar-refractivity contribution in [3.63, 3.8) is 0 Å². The Morgan fingerprint density at radius 3 is 2.27 bits per heavy atom. The molecule has 1 saturated heterocycles. The first-order valence-corrected chi connectivity index (χ1v) is 8.67. The molecule has 3 N–H and O–H groups in total. The Balaban J connectivity index is 2.58. The Morgan fingerprint density at radius 2 is 1.73 bits per heavy atom. The zero-order valence-electron chi connectivity index (χ0n) is 15.3. The van der Waals surface area contributed by atoms with Gasteiger partial charge in [0.2, 0.25) is 0 Å². The summed E-state index contributed by atoms with van der Waals surface area (Å²) in [5.41, 5.74) is -0.990. The Labute approximate surface area is 152 Å². The van der Waals surface area contributed by atoms with E-state index in [0.29, 0.717) is 32.2 Å². The van der Waals surface area contributed by atoms with Crippen LogP contribution in [0.3, 0.4) is 0 Å². The van der Waals surface area contributed by atoms with Gasteiger partial charge in [0.15, 0.2) is 6.61 Å². The van der Waals surface area contributed by atoms with E-state index >= 15 is 0 Å². The molecule has 0 spiro atoms. The first-order chi connectivity index (χ1) is 12.3. The molecule has 0 aromatic heterocycles. The molecular weight excluding hydrogens is 344 g/mol. The molecule has 6 amide bonds. The summed E-state index contributed by atoms with van der Waals surface area (Å²) >= 11 is 0. The number of hydrogen-bond acceptors (Lipinski definition) is 6. The highest BCUT2D eigenvalue weighted by molar-refractivity contribution is 6.08. The average Bonchev–Trinajstić information content (AvgIpc) is 2.78. The minimum Gasteiger partial charge on any atom is -0.454 e. The van der Waals surface area contributed by atoms with Crippen molar-refractivity contribution in [3.8, 4) is 0 Å². The first kappa shape index (κ1) is 21.4. The third kappa shape index (κ3) is 5.43. The van der Waals surface area contributed by atoms with E-state index in [2.05, 4.69) is 10.6 Å². The summed E-state index contributed by atoms with van der Waals surface area (Å²) < 4.78 is 4.72. The van der Waals surface area contributed by atoms with E-state index < -0.39 is 48.5 Å². The lowest BCUT2D eigenvalue weighted by atomic mass is 9.88. The molecule has 26 heavy (non-hydrogen) atoms. The van der Waals surface area contributed by atoms with E-state index in [-0.39, 0.29) is 0 Å². The number of urea groups is 2. The summed E-state index contributed by atoms with van der Waals surface area (Å²) in [5, 5.41) is 6.99. The SMILES string of the molecule is CCCC1(CCC)NC(=O)N(CC(=O)OCC(=O)NC(=O)NCC)C1=O. The molecule has 1 rings (SSSR count). The van der Waals surface area contributed by atoms with E-state index in [9.17, 15) is 24.0 Å². The largest absolute Gasteiger partial charge is 0.454 e. The number of imide groups is 2. The Bertz CT molecular complexity index is 571.